The zero-order chi connectivity index (χ0) is 19.3. The summed E-state index contributed by atoms with van der Waals surface area (Å²) in [6, 6.07) is 10.5. The number of benzene rings is 1. The van der Waals surface area contributed by atoms with E-state index in [4.69, 9.17) is 10.00 Å². The van der Waals surface area contributed by atoms with Crippen molar-refractivity contribution < 1.29 is 14.3 Å². The summed E-state index contributed by atoms with van der Waals surface area (Å²) in [4.78, 5) is 25.1. The lowest BCUT2D eigenvalue weighted by Crippen LogP contribution is -2.27. The van der Waals surface area contributed by atoms with Crippen molar-refractivity contribution in [2.24, 2.45) is 5.41 Å². The summed E-state index contributed by atoms with van der Waals surface area (Å²) in [5.41, 5.74) is 0.911. The van der Waals surface area contributed by atoms with Gasteiger partial charge in [-0.15, -0.1) is 11.3 Å². The largest absolute Gasteiger partial charge is 0.479 e. The van der Waals surface area contributed by atoms with Gasteiger partial charge in [0.2, 0.25) is 5.91 Å². The van der Waals surface area contributed by atoms with Crippen molar-refractivity contribution in [3.8, 4) is 11.8 Å². The number of nitrogens with zero attached hydrogens (tertiary/aromatic N) is 1. The normalized spacial score (nSPS) is 10.7. The third-order valence-electron chi connectivity index (χ3n) is 3.46. The molecule has 1 aromatic carbocycles. The van der Waals surface area contributed by atoms with E-state index < -0.39 is 5.41 Å². The highest BCUT2D eigenvalue weighted by Gasteiger charge is 2.23. The van der Waals surface area contributed by atoms with Crippen molar-refractivity contribution in [2.45, 2.75) is 27.7 Å². The lowest BCUT2D eigenvalue weighted by atomic mass is 9.96. The molecular weight excluding hydrogens is 350 g/mol. The van der Waals surface area contributed by atoms with Gasteiger partial charge in [-0.3, -0.25) is 9.59 Å². The van der Waals surface area contributed by atoms with E-state index in [-0.39, 0.29) is 18.4 Å². The molecule has 0 unspecified atom stereocenters. The van der Waals surface area contributed by atoms with Crippen LogP contribution in [0.15, 0.2) is 30.3 Å². The molecule has 2 N–H and O–H groups in total. The fraction of sp³-hybridized carbons (Fsp3) is 0.316. The highest BCUT2D eigenvalue weighted by molar-refractivity contribution is 7.18. The number of hydrogen-bond donors (Lipinski definition) is 2. The number of anilines is 2. The standard InChI is InChI=1S/C19H21N3O3S/c1-12-11-15(22-18(24)19(2,3)4)26-16(12)17(23)21-13-5-7-14(8-6-13)25-10-9-20/h5-8,11H,10H2,1-4H3,(H,21,23)(H,22,24). The van der Waals surface area contributed by atoms with Crippen LogP contribution in [-0.2, 0) is 4.79 Å². The minimum absolute atomic E-state index is 0.0246. The SMILES string of the molecule is Cc1cc(NC(=O)C(C)(C)C)sc1C(=O)Nc1ccc(OCC#N)cc1. The van der Waals surface area contributed by atoms with E-state index in [1.807, 2.05) is 33.8 Å². The molecular formula is C19H21N3O3S. The predicted octanol–water partition coefficient (Wildman–Crippen LogP) is 4.20. The predicted molar refractivity (Wildman–Crippen MR) is 103 cm³/mol. The van der Waals surface area contributed by atoms with Crippen LogP contribution in [-0.4, -0.2) is 18.4 Å². The minimum atomic E-state index is -0.504. The Bertz CT molecular complexity index is 842. The van der Waals surface area contributed by atoms with Gasteiger partial charge in [0.25, 0.3) is 5.91 Å². The molecule has 26 heavy (non-hydrogen) atoms. The molecule has 0 aliphatic carbocycles. The molecule has 2 amide bonds. The Balaban J connectivity index is 2.06. The molecule has 0 fully saturated rings. The Morgan fingerprint density at radius 2 is 1.85 bits per heavy atom. The first-order valence-corrected chi connectivity index (χ1v) is 8.85. The zero-order valence-electron chi connectivity index (χ0n) is 15.2. The van der Waals surface area contributed by atoms with Gasteiger partial charge in [-0.25, -0.2) is 0 Å². The van der Waals surface area contributed by atoms with Gasteiger partial charge < -0.3 is 15.4 Å². The van der Waals surface area contributed by atoms with Crippen molar-refractivity contribution in [1.82, 2.24) is 0 Å². The molecule has 0 radical (unpaired) electrons. The van der Waals surface area contributed by atoms with Gasteiger partial charge in [0, 0.05) is 11.1 Å². The fourth-order valence-corrected chi connectivity index (χ4v) is 2.97. The zero-order valence-corrected chi connectivity index (χ0v) is 16.0. The topological polar surface area (TPSA) is 91.2 Å². The van der Waals surface area contributed by atoms with Gasteiger partial charge in [0.15, 0.2) is 6.61 Å². The number of aryl methyl sites for hydroxylation is 1. The summed E-state index contributed by atoms with van der Waals surface area (Å²) < 4.78 is 5.17. The van der Waals surface area contributed by atoms with Crippen LogP contribution in [0.3, 0.4) is 0 Å². The molecule has 1 heterocycles. The fourth-order valence-electron chi connectivity index (χ4n) is 2.01. The second-order valence-electron chi connectivity index (χ2n) is 6.75. The molecule has 0 spiro atoms. The Labute approximate surface area is 156 Å². The molecule has 0 aliphatic rings. The van der Waals surface area contributed by atoms with E-state index in [1.54, 1.807) is 30.3 Å². The van der Waals surface area contributed by atoms with Crippen LogP contribution in [0.4, 0.5) is 10.7 Å². The first-order valence-electron chi connectivity index (χ1n) is 8.04. The van der Waals surface area contributed by atoms with Crippen molar-refractivity contribution in [3.05, 3.63) is 40.8 Å². The summed E-state index contributed by atoms with van der Waals surface area (Å²) in [5, 5.41) is 14.8. The highest BCUT2D eigenvalue weighted by atomic mass is 32.1. The van der Waals surface area contributed by atoms with Gasteiger partial charge in [0.05, 0.1) is 9.88 Å². The van der Waals surface area contributed by atoms with E-state index in [0.717, 1.165) is 5.56 Å². The van der Waals surface area contributed by atoms with Crippen LogP contribution in [0.2, 0.25) is 0 Å². The minimum Gasteiger partial charge on any atom is -0.479 e. The number of nitriles is 1. The van der Waals surface area contributed by atoms with Crippen LogP contribution in [0.1, 0.15) is 36.0 Å². The number of carbonyl (C=O) groups is 2. The van der Waals surface area contributed by atoms with Gasteiger partial charge in [-0.2, -0.15) is 5.26 Å². The Hall–Kier alpha value is -2.85. The van der Waals surface area contributed by atoms with Crippen molar-refractivity contribution >= 4 is 33.8 Å². The number of hydrogen-bond acceptors (Lipinski definition) is 5. The van der Waals surface area contributed by atoms with E-state index in [9.17, 15) is 9.59 Å². The molecule has 1 aromatic heterocycles. The second-order valence-corrected chi connectivity index (χ2v) is 7.80. The van der Waals surface area contributed by atoms with Crippen molar-refractivity contribution in [1.29, 1.82) is 5.26 Å². The molecule has 136 valence electrons. The summed E-state index contributed by atoms with van der Waals surface area (Å²) in [6.45, 7) is 7.31. The Morgan fingerprint density at radius 3 is 2.42 bits per heavy atom. The molecule has 0 aliphatic heterocycles. The van der Waals surface area contributed by atoms with Crippen LogP contribution in [0.5, 0.6) is 5.75 Å². The summed E-state index contributed by atoms with van der Waals surface area (Å²) in [6.07, 6.45) is 0. The molecule has 0 saturated carbocycles. The van der Waals surface area contributed by atoms with Gasteiger partial charge in [-0.05, 0) is 42.8 Å². The van der Waals surface area contributed by atoms with Gasteiger partial charge >= 0.3 is 0 Å². The number of ether oxygens (including phenoxy) is 1. The molecule has 2 rings (SSSR count). The number of rotatable bonds is 5. The molecule has 0 bridgehead atoms. The quantitative estimate of drug-likeness (QED) is 0.824. The lowest BCUT2D eigenvalue weighted by Gasteiger charge is -2.16. The number of amides is 2. The summed E-state index contributed by atoms with van der Waals surface area (Å²) >= 11 is 1.24. The average Bonchev–Trinajstić information content (AvgIpc) is 2.94. The van der Waals surface area contributed by atoms with E-state index in [1.165, 1.54) is 11.3 Å². The average molecular weight is 371 g/mol. The first-order chi connectivity index (χ1) is 12.2. The van der Waals surface area contributed by atoms with Crippen LogP contribution in [0.25, 0.3) is 0 Å². The van der Waals surface area contributed by atoms with Crippen LogP contribution < -0.4 is 15.4 Å². The van der Waals surface area contributed by atoms with Crippen molar-refractivity contribution in [3.63, 3.8) is 0 Å². The number of thiophene rings is 1. The number of nitrogens with one attached hydrogen (secondary N) is 2. The van der Waals surface area contributed by atoms with Gasteiger partial charge in [0.1, 0.15) is 11.8 Å². The second kappa shape index (κ2) is 8.02. The van der Waals surface area contributed by atoms with Gasteiger partial charge in [-0.1, -0.05) is 20.8 Å². The molecule has 6 nitrogen and oxygen atoms in total. The van der Waals surface area contributed by atoms with Crippen LogP contribution >= 0.6 is 11.3 Å². The Kier molecular flexibility index (Phi) is 6.01. The maximum absolute atomic E-state index is 12.5. The maximum Gasteiger partial charge on any atom is 0.266 e. The third kappa shape index (κ3) is 5.07. The first kappa shape index (κ1) is 19.5. The number of carbonyl (C=O) groups excluding carboxylic acids is 2. The third-order valence-corrected chi connectivity index (χ3v) is 4.61. The highest BCUT2D eigenvalue weighted by Crippen LogP contribution is 2.29. The maximum atomic E-state index is 12.5. The van der Waals surface area contributed by atoms with E-state index in [2.05, 4.69) is 10.6 Å². The molecule has 2 aromatic rings. The smallest absolute Gasteiger partial charge is 0.266 e. The Morgan fingerprint density at radius 1 is 1.19 bits per heavy atom. The molecule has 7 heteroatoms. The molecule has 0 saturated heterocycles. The van der Waals surface area contributed by atoms with Crippen molar-refractivity contribution in [2.75, 3.05) is 17.2 Å². The summed E-state index contributed by atoms with van der Waals surface area (Å²) in [7, 11) is 0. The lowest BCUT2D eigenvalue weighted by molar-refractivity contribution is -0.123. The summed E-state index contributed by atoms with van der Waals surface area (Å²) in [5.74, 6) is 0.220. The van der Waals surface area contributed by atoms with E-state index in [0.29, 0.717) is 21.3 Å². The molecule has 0 atom stereocenters. The van der Waals surface area contributed by atoms with E-state index >= 15 is 0 Å². The monoisotopic (exact) mass is 371 g/mol. The van der Waals surface area contributed by atoms with Crippen LogP contribution in [0, 0.1) is 23.7 Å².